The van der Waals surface area contributed by atoms with E-state index in [1.54, 1.807) is 6.07 Å². The topological polar surface area (TPSA) is 83.0 Å². The van der Waals surface area contributed by atoms with Crippen molar-refractivity contribution in [1.82, 2.24) is 19.9 Å². The van der Waals surface area contributed by atoms with Crippen LogP contribution < -0.4 is 10.3 Å². The molecule has 2 aromatic heterocycles. The lowest BCUT2D eigenvalue weighted by molar-refractivity contribution is 0.340. The smallest absolute Gasteiger partial charge is 0.267 e. The van der Waals surface area contributed by atoms with Crippen LogP contribution in [0.1, 0.15) is 38.1 Å². The summed E-state index contributed by atoms with van der Waals surface area (Å²) in [6.45, 7) is 6.94. The first-order valence-corrected chi connectivity index (χ1v) is 10.3. The highest BCUT2D eigenvalue weighted by Crippen LogP contribution is 2.22. The Kier molecular flexibility index (Phi) is 5.93. The molecule has 0 bridgehead atoms. The Bertz CT molecular complexity index is 1210. The van der Waals surface area contributed by atoms with E-state index in [0.29, 0.717) is 29.9 Å². The molecule has 4 aromatic rings. The zero-order valence-electron chi connectivity index (χ0n) is 17.8. The Morgan fingerprint density at radius 1 is 0.968 bits per heavy atom. The fraction of sp³-hybridized carbons (Fsp3) is 0.250. The molecule has 0 fully saturated rings. The molecule has 0 N–H and O–H groups in total. The highest BCUT2D eigenvalue weighted by Gasteiger charge is 2.12. The van der Waals surface area contributed by atoms with E-state index in [1.807, 2.05) is 43.3 Å². The van der Waals surface area contributed by atoms with Crippen LogP contribution in [0.4, 0.5) is 0 Å². The average molecular weight is 416 g/mol. The summed E-state index contributed by atoms with van der Waals surface area (Å²) in [5.41, 5.74) is 3.48. The van der Waals surface area contributed by atoms with Crippen LogP contribution >= 0.6 is 0 Å². The number of rotatable bonds is 7. The van der Waals surface area contributed by atoms with Gasteiger partial charge in [0.1, 0.15) is 12.3 Å². The first-order valence-electron chi connectivity index (χ1n) is 10.3. The van der Waals surface area contributed by atoms with Crippen LogP contribution in [0, 0.1) is 0 Å². The first kappa shape index (κ1) is 20.5. The van der Waals surface area contributed by atoms with Gasteiger partial charge >= 0.3 is 0 Å². The molecule has 0 aliphatic heterocycles. The van der Waals surface area contributed by atoms with Crippen molar-refractivity contribution in [3.8, 4) is 28.4 Å². The predicted octanol–water partition coefficient (Wildman–Crippen LogP) is 4.53. The number of nitrogens with zero attached hydrogens (tertiary/aromatic N) is 4. The van der Waals surface area contributed by atoms with Crippen molar-refractivity contribution in [2.75, 3.05) is 6.61 Å². The van der Waals surface area contributed by atoms with Crippen LogP contribution in [0.2, 0.25) is 0 Å². The maximum Gasteiger partial charge on any atom is 0.267 e. The van der Waals surface area contributed by atoms with Gasteiger partial charge < -0.3 is 9.26 Å². The molecule has 158 valence electrons. The van der Waals surface area contributed by atoms with Crippen molar-refractivity contribution in [2.24, 2.45) is 0 Å². The van der Waals surface area contributed by atoms with Gasteiger partial charge in [-0.15, -0.1) is 0 Å². The van der Waals surface area contributed by atoms with Crippen LogP contribution in [0.25, 0.3) is 22.6 Å². The summed E-state index contributed by atoms with van der Waals surface area (Å²) in [7, 11) is 0. The van der Waals surface area contributed by atoms with E-state index in [4.69, 9.17) is 9.26 Å². The lowest BCUT2D eigenvalue weighted by Crippen LogP contribution is -2.23. The Hall–Kier alpha value is -3.74. The van der Waals surface area contributed by atoms with E-state index < -0.39 is 0 Å². The van der Waals surface area contributed by atoms with Crippen molar-refractivity contribution in [1.29, 1.82) is 0 Å². The summed E-state index contributed by atoms with van der Waals surface area (Å²) in [5, 5.41) is 8.51. The van der Waals surface area contributed by atoms with Gasteiger partial charge in [0.05, 0.1) is 12.3 Å². The highest BCUT2D eigenvalue weighted by molar-refractivity contribution is 5.59. The van der Waals surface area contributed by atoms with Crippen LogP contribution in [0.3, 0.4) is 0 Å². The molecule has 0 amide bonds. The van der Waals surface area contributed by atoms with E-state index in [2.05, 4.69) is 41.2 Å². The lowest BCUT2D eigenvalue weighted by atomic mass is 10.0. The van der Waals surface area contributed by atoms with Crippen molar-refractivity contribution in [3.63, 3.8) is 0 Å². The molecular weight excluding hydrogens is 392 g/mol. The zero-order valence-corrected chi connectivity index (χ0v) is 17.8. The van der Waals surface area contributed by atoms with Gasteiger partial charge in [0.15, 0.2) is 0 Å². The molecule has 0 saturated carbocycles. The lowest BCUT2D eigenvalue weighted by Gasteiger charge is -2.08. The van der Waals surface area contributed by atoms with Gasteiger partial charge in [-0.1, -0.05) is 43.3 Å². The predicted molar refractivity (Wildman–Crippen MR) is 118 cm³/mol. The van der Waals surface area contributed by atoms with Crippen LogP contribution in [-0.4, -0.2) is 26.5 Å². The van der Waals surface area contributed by atoms with Crippen molar-refractivity contribution in [2.45, 2.75) is 33.2 Å². The van der Waals surface area contributed by atoms with Gasteiger partial charge in [-0.2, -0.15) is 10.1 Å². The van der Waals surface area contributed by atoms with E-state index in [9.17, 15) is 4.79 Å². The second kappa shape index (κ2) is 8.95. The van der Waals surface area contributed by atoms with Crippen molar-refractivity contribution < 1.29 is 9.26 Å². The molecule has 0 unspecified atom stereocenters. The Morgan fingerprint density at radius 2 is 1.68 bits per heavy atom. The largest absolute Gasteiger partial charge is 0.494 e. The molecule has 2 heterocycles. The van der Waals surface area contributed by atoms with Gasteiger partial charge in [0.25, 0.3) is 5.56 Å². The minimum Gasteiger partial charge on any atom is -0.494 e. The third-order valence-corrected chi connectivity index (χ3v) is 4.92. The standard InChI is InChI=1S/C24H24N4O3/c1-4-30-20-11-9-19(10-12-20)24-25-22(31-27-24)15-28-23(29)14-13-21(26-28)18-7-5-17(6-8-18)16(2)3/h5-14,16H,4,15H2,1-3H3. The summed E-state index contributed by atoms with van der Waals surface area (Å²) >= 11 is 0. The summed E-state index contributed by atoms with van der Waals surface area (Å²) < 4.78 is 12.1. The van der Waals surface area contributed by atoms with Gasteiger partial charge in [0, 0.05) is 17.2 Å². The summed E-state index contributed by atoms with van der Waals surface area (Å²) in [5.74, 6) is 2.00. The summed E-state index contributed by atoms with van der Waals surface area (Å²) in [4.78, 5) is 16.7. The maximum absolute atomic E-state index is 12.3. The first-order chi connectivity index (χ1) is 15.0. The van der Waals surface area contributed by atoms with E-state index in [-0.39, 0.29) is 12.1 Å². The van der Waals surface area contributed by atoms with Gasteiger partial charge in [-0.05, 0) is 48.7 Å². The quantitative estimate of drug-likeness (QED) is 0.440. The molecular formula is C24H24N4O3. The van der Waals surface area contributed by atoms with Crippen LogP contribution in [0.5, 0.6) is 5.75 Å². The summed E-state index contributed by atoms with van der Waals surface area (Å²) in [6, 6.07) is 18.9. The molecule has 0 spiro atoms. The molecule has 0 radical (unpaired) electrons. The van der Waals surface area contributed by atoms with Crippen molar-refractivity contribution >= 4 is 0 Å². The second-order valence-electron chi connectivity index (χ2n) is 7.46. The highest BCUT2D eigenvalue weighted by atomic mass is 16.5. The normalized spacial score (nSPS) is 11.1. The van der Waals surface area contributed by atoms with Gasteiger partial charge in [0.2, 0.25) is 11.7 Å². The fourth-order valence-electron chi connectivity index (χ4n) is 3.19. The Balaban J connectivity index is 1.54. The molecule has 0 aliphatic rings. The Labute approximate surface area is 180 Å². The van der Waals surface area contributed by atoms with Crippen LogP contribution in [0.15, 0.2) is 70.0 Å². The molecule has 4 rings (SSSR count). The fourth-order valence-corrected chi connectivity index (χ4v) is 3.19. The van der Waals surface area contributed by atoms with E-state index >= 15 is 0 Å². The molecule has 2 aromatic carbocycles. The monoisotopic (exact) mass is 416 g/mol. The minimum absolute atomic E-state index is 0.0980. The van der Waals surface area contributed by atoms with E-state index in [1.165, 1.54) is 16.3 Å². The molecule has 7 nitrogen and oxygen atoms in total. The minimum atomic E-state index is -0.233. The third kappa shape index (κ3) is 4.71. The summed E-state index contributed by atoms with van der Waals surface area (Å²) in [6.07, 6.45) is 0. The van der Waals surface area contributed by atoms with E-state index in [0.717, 1.165) is 16.9 Å². The second-order valence-corrected chi connectivity index (χ2v) is 7.46. The number of benzene rings is 2. The molecule has 0 aliphatic carbocycles. The third-order valence-electron chi connectivity index (χ3n) is 4.92. The molecule has 31 heavy (non-hydrogen) atoms. The number of ether oxygens (including phenoxy) is 1. The van der Waals surface area contributed by atoms with Gasteiger partial charge in [-0.3, -0.25) is 4.79 Å². The number of hydrogen-bond acceptors (Lipinski definition) is 6. The molecule has 7 heteroatoms. The SMILES string of the molecule is CCOc1ccc(-c2noc(Cn3nc(-c4ccc(C(C)C)cc4)ccc3=O)n2)cc1. The average Bonchev–Trinajstić information content (AvgIpc) is 3.25. The van der Waals surface area contributed by atoms with Gasteiger partial charge in [-0.25, -0.2) is 4.68 Å². The number of aromatic nitrogens is 4. The number of hydrogen-bond donors (Lipinski definition) is 0. The Morgan fingerprint density at radius 3 is 2.35 bits per heavy atom. The maximum atomic E-state index is 12.3. The zero-order chi connectivity index (χ0) is 21.8. The molecule has 0 atom stereocenters. The van der Waals surface area contributed by atoms with Crippen molar-refractivity contribution in [3.05, 3.63) is 82.5 Å². The van der Waals surface area contributed by atoms with Crippen LogP contribution in [-0.2, 0) is 6.54 Å². The molecule has 0 saturated heterocycles.